The van der Waals surface area contributed by atoms with Crippen molar-refractivity contribution in [3.63, 3.8) is 0 Å². The third-order valence-corrected chi connectivity index (χ3v) is 3.19. The van der Waals surface area contributed by atoms with Gasteiger partial charge in [-0.05, 0) is 12.3 Å². The molecule has 0 radical (unpaired) electrons. The molecule has 1 aromatic heterocycles. The van der Waals surface area contributed by atoms with Crippen LogP contribution in [0, 0.1) is 0 Å². The second-order valence-corrected chi connectivity index (χ2v) is 5.26. The first kappa shape index (κ1) is 17.7. The number of anilines is 2. The summed E-state index contributed by atoms with van der Waals surface area (Å²) in [5.74, 6) is 2.10. The van der Waals surface area contributed by atoms with Gasteiger partial charge in [0.15, 0.2) is 0 Å². The quantitative estimate of drug-likeness (QED) is 0.691. The third kappa shape index (κ3) is 5.47. The molecule has 0 saturated heterocycles. The van der Waals surface area contributed by atoms with Gasteiger partial charge >= 0.3 is 0 Å². The van der Waals surface area contributed by atoms with Gasteiger partial charge in [0.05, 0.1) is 12.7 Å². The highest BCUT2D eigenvalue weighted by atomic mass is 16.5. The number of rotatable bonds is 10. The molecule has 0 saturated carbocycles. The highest BCUT2D eigenvalue weighted by Crippen LogP contribution is 2.28. The van der Waals surface area contributed by atoms with Crippen LogP contribution in [0.25, 0.3) is 0 Å². The van der Waals surface area contributed by atoms with Gasteiger partial charge in [0.25, 0.3) is 0 Å². The summed E-state index contributed by atoms with van der Waals surface area (Å²) in [7, 11) is 3.35. The van der Waals surface area contributed by atoms with E-state index >= 15 is 0 Å². The van der Waals surface area contributed by atoms with E-state index in [0.717, 1.165) is 30.2 Å². The molecule has 1 heterocycles. The Morgan fingerprint density at radius 3 is 2.33 bits per heavy atom. The highest BCUT2D eigenvalue weighted by molar-refractivity contribution is 5.59. The Bertz CT molecular complexity index is 413. The number of hydrogen-bond acceptors (Lipinski definition) is 6. The van der Waals surface area contributed by atoms with Crippen LogP contribution in [0.1, 0.15) is 38.7 Å². The number of hydrogen-bond donors (Lipinski definition) is 2. The second-order valence-electron chi connectivity index (χ2n) is 5.26. The molecule has 0 spiro atoms. The van der Waals surface area contributed by atoms with Gasteiger partial charge in [-0.15, -0.1) is 0 Å². The molecule has 120 valence electrons. The summed E-state index contributed by atoms with van der Waals surface area (Å²) in [4.78, 5) is 8.74. The summed E-state index contributed by atoms with van der Waals surface area (Å²) in [6.07, 6.45) is 2.64. The maximum atomic E-state index is 5.36. The molecule has 1 aromatic rings. The predicted molar refractivity (Wildman–Crippen MR) is 86.1 cm³/mol. The molecule has 1 rings (SSSR count). The molecule has 0 aliphatic rings. The Labute approximate surface area is 127 Å². The van der Waals surface area contributed by atoms with Crippen molar-refractivity contribution >= 4 is 11.6 Å². The predicted octanol–water partition coefficient (Wildman–Crippen LogP) is 2.50. The van der Waals surface area contributed by atoms with Crippen LogP contribution in [-0.2, 0) is 9.47 Å². The first-order valence-electron chi connectivity index (χ1n) is 7.48. The summed E-state index contributed by atoms with van der Waals surface area (Å²) in [6.45, 7) is 8.52. The third-order valence-electron chi connectivity index (χ3n) is 3.19. The molecule has 2 N–H and O–H groups in total. The van der Waals surface area contributed by atoms with Gasteiger partial charge in [-0.3, -0.25) is 0 Å². The minimum absolute atomic E-state index is 0.00275. The van der Waals surface area contributed by atoms with Crippen molar-refractivity contribution < 1.29 is 9.47 Å². The normalized spacial score (nSPS) is 12.5. The smallest absolute Gasteiger partial charge is 0.135 e. The van der Waals surface area contributed by atoms with E-state index in [2.05, 4.69) is 41.4 Å². The zero-order chi connectivity index (χ0) is 15.7. The zero-order valence-electron chi connectivity index (χ0n) is 13.8. The van der Waals surface area contributed by atoms with Crippen molar-refractivity contribution in [2.24, 2.45) is 0 Å². The second kappa shape index (κ2) is 9.52. The minimum atomic E-state index is -0.00275. The summed E-state index contributed by atoms with van der Waals surface area (Å²) in [5, 5.41) is 6.72. The fraction of sp³-hybridized carbons (Fsp3) is 0.733. The van der Waals surface area contributed by atoms with Gasteiger partial charge in [-0.1, -0.05) is 20.8 Å². The Balaban J connectivity index is 2.85. The molecule has 0 fully saturated rings. The number of aromatic nitrogens is 2. The van der Waals surface area contributed by atoms with Crippen molar-refractivity contribution in [1.82, 2.24) is 9.97 Å². The van der Waals surface area contributed by atoms with E-state index in [9.17, 15) is 0 Å². The highest BCUT2D eigenvalue weighted by Gasteiger charge is 2.16. The van der Waals surface area contributed by atoms with E-state index in [-0.39, 0.29) is 6.10 Å². The first-order chi connectivity index (χ1) is 10.1. The zero-order valence-corrected chi connectivity index (χ0v) is 13.8. The number of methoxy groups -OCH3 is 2. The maximum Gasteiger partial charge on any atom is 0.135 e. The lowest BCUT2D eigenvalue weighted by Crippen LogP contribution is -2.27. The summed E-state index contributed by atoms with van der Waals surface area (Å²) in [5.41, 5.74) is 1.11. The molecule has 0 aromatic carbocycles. The van der Waals surface area contributed by atoms with E-state index in [1.807, 2.05) is 0 Å². The van der Waals surface area contributed by atoms with E-state index in [0.29, 0.717) is 19.1 Å². The van der Waals surface area contributed by atoms with Crippen molar-refractivity contribution in [3.8, 4) is 0 Å². The molecular weight excluding hydrogens is 268 g/mol. The topological polar surface area (TPSA) is 68.3 Å². The molecular formula is C15H28N4O2. The molecule has 0 aliphatic carbocycles. The van der Waals surface area contributed by atoms with Gasteiger partial charge in [0.1, 0.15) is 18.0 Å². The van der Waals surface area contributed by atoms with Gasteiger partial charge in [0, 0.05) is 32.9 Å². The molecule has 0 bridgehead atoms. The van der Waals surface area contributed by atoms with Gasteiger partial charge < -0.3 is 20.1 Å². The Kier molecular flexibility index (Phi) is 8.00. The van der Waals surface area contributed by atoms with E-state index < -0.39 is 0 Å². The van der Waals surface area contributed by atoms with Crippen LogP contribution in [0.4, 0.5) is 11.6 Å². The van der Waals surface area contributed by atoms with Gasteiger partial charge in [-0.2, -0.15) is 0 Å². The fourth-order valence-electron chi connectivity index (χ4n) is 2.07. The fourth-order valence-corrected chi connectivity index (χ4v) is 2.07. The van der Waals surface area contributed by atoms with Crippen molar-refractivity contribution in [2.75, 3.05) is 44.5 Å². The largest absolute Gasteiger partial charge is 0.382 e. The lowest BCUT2D eigenvalue weighted by atomic mass is 10.0. The number of nitrogens with zero attached hydrogens (tertiary/aromatic N) is 2. The average Bonchev–Trinajstić information content (AvgIpc) is 2.48. The molecule has 6 nitrogen and oxygen atoms in total. The minimum Gasteiger partial charge on any atom is -0.382 e. The monoisotopic (exact) mass is 296 g/mol. The van der Waals surface area contributed by atoms with E-state index in [1.54, 1.807) is 20.5 Å². The van der Waals surface area contributed by atoms with Crippen molar-refractivity contribution in [2.45, 2.75) is 39.2 Å². The molecule has 1 atom stereocenters. The lowest BCUT2D eigenvalue weighted by Gasteiger charge is -2.20. The van der Waals surface area contributed by atoms with Crippen LogP contribution in [0.15, 0.2) is 6.33 Å². The molecule has 21 heavy (non-hydrogen) atoms. The number of nitrogens with one attached hydrogen (secondary N) is 2. The van der Waals surface area contributed by atoms with Crippen molar-refractivity contribution in [3.05, 3.63) is 11.9 Å². The summed E-state index contributed by atoms with van der Waals surface area (Å²) in [6, 6.07) is 0. The first-order valence-corrected chi connectivity index (χ1v) is 7.48. The molecule has 1 unspecified atom stereocenters. The molecule has 0 aliphatic heterocycles. The van der Waals surface area contributed by atoms with E-state index in [4.69, 9.17) is 9.47 Å². The van der Waals surface area contributed by atoms with Crippen LogP contribution in [0.3, 0.4) is 0 Å². The Morgan fingerprint density at radius 1 is 1.14 bits per heavy atom. The van der Waals surface area contributed by atoms with E-state index in [1.165, 1.54) is 0 Å². The molecule has 0 amide bonds. The average molecular weight is 296 g/mol. The summed E-state index contributed by atoms with van der Waals surface area (Å²) < 4.78 is 10.5. The van der Waals surface area contributed by atoms with Crippen LogP contribution in [-0.4, -0.2) is 50.0 Å². The van der Waals surface area contributed by atoms with Gasteiger partial charge in [0.2, 0.25) is 0 Å². The van der Waals surface area contributed by atoms with Crippen molar-refractivity contribution in [1.29, 1.82) is 0 Å². The van der Waals surface area contributed by atoms with Gasteiger partial charge in [-0.25, -0.2) is 9.97 Å². The lowest BCUT2D eigenvalue weighted by molar-refractivity contribution is 0.0365. The summed E-state index contributed by atoms with van der Waals surface area (Å²) >= 11 is 0. The van der Waals surface area contributed by atoms with Crippen LogP contribution >= 0.6 is 0 Å². The van der Waals surface area contributed by atoms with Crippen LogP contribution < -0.4 is 10.6 Å². The maximum absolute atomic E-state index is 5.36. The number of ether oxygens (including phenoxy) is 2. The standard InChI is InChI=1S/C15H28N4O2/c1-6-7-16-14-13(11(2)3)15(19-10-18-14)17-8-12(21-5)9-20-4/h10-12H,6-9H2,1-5H3,(H2,16,17,18,19). The van der Waals surface area contributed by atoms with Crippen LogP contribution in [0.2, 0.25) is 0 Å². The molecule has 6 heteroatoms. The Morgan fingerprint density at radius 2 is 1.81 bits per heavy atom. The Hall–Kier alpha value is -1.40. The SMILES string of the molecule is CCCNc1ncnc(NCC(COC)OC)c1C(C)C. The van der Waals surface area contributed by atoms with Crippen LogP contribution in [0.5, 0.6) is 0 Å².